The quantitative estimate of drug-likeness (QED) is 0.00924. The second kappa shape index (κ2) is 54.4. The minimum absolute atomic E-state index is 0.0207. The van der Waals surface area contributed by atoms with E-state index in [0.29, 0.717) is 138 Å². The number of hydrogen-bond donors (Lipinski definition) is 1. The second-order valence-electron chi connectivity index (χ2n) is 26.7. The molecule has 29 nitrogen and oxygen atoms in total. The third-order valence-electron chi connectivity index (χ3n) is 17.2. The van der Waals surface area contributed by atoms with Gasteiger partial charge in [-0.1, -0.05) is 75.2 Å². The van der Waals surface area contributed by atoms with E-state index in [0.717, 1.165) is 22.6 Å². The molecular weight excluding hydrogens is 1520 g/mol. The van der Waals surface area contributed by atoms with Crippen molar-refractivity contribution in [3.8, 4) is 12.3 Å². The fourth-order valence-electron chi connectivity index (χ4n) is 10.5. The molecule has 7 rings (SSSR count). The van der Waals surface area contributed by atoms with Crippen LogP contribution in [0, 0.1) is 95.4 Å². The summed E-state index contributed by atoms with van der Waals surface area (Å²) in [6.07, 6.45) is 11.2. The zero-order chi connectivity index (χ0) is 83.1. The maximum Gasteiger partial charge on any atom is 0.369 e. The lowest BCUT2D eigenvalue weighted by molar-refractivity contribution is 0.0435. The minimum Gasteiger partial charge on any atom is -0.378 e. The molecule has 0 saturated carbocycles. The predicted molar refractivity (Wildman–Crippen MR) is 436 cm³/mol. The van der Waals surface area contributed by atoms with Crippen molar-refractivity contribution < 1.29 is 83.3 Å². The molecule has 624 valence electrons. The van der Waals surface area contributed by atoms with Crippen molar-refractivity contribution in [3.63, 3.8) is 0 Å². The molecule has 4 unspecified atom stereocenters. The number of benzene rings is 4. The Morgan fingerprint density at radius 2 is 0.714 bits per heavy atom. The van der Waals surface area contributed by atoms with E-state index in [4.69, 9.17) is 63.4 Å². The van der Waals surface area contributed by atoms with Crippen molar-refractivity contribution in [2.75, 3.05) is 150 Å². The minimum atomic E-state index is -4.02. The van der Waals surface area contributed by atoms with Gasteiger partial charge < -0.3 is 60.9 Å². The third kappa shape index (κ3) is 42.7. The van der Waals surface area contributed by atoms with Crippen LogP contribution in [-0.4, -0.2) is 200 Å². The molecule has 0 amide bonds. The van der Waals surface area contributed by atoms with Crippen LogP contribution in [0.4, 0.5) is 4.20 Å². The summed E-state index contributed by atoms with van der Waals surface area (Å²) in [4.78, 5) is 12.2. The van der Waals surface area contributed by atoms with Gasteiger partial charge in [0.15, 0.2) is 0 Å². The fraction of sp³-hybridized carbons (Fsp3) is 0.590. The number of hydrogen-bond acceptors (Lipinski definition) is 23. The SMILES string of the molecule is C#CCOCCOCCP(C)(=O)OCC.CCOP(=O)(F)CCOCCOCc1cn(Cc2cc(C)c(C)c(C)c2)nn1.CCOP(=O)(O)CCOCCOCc1cn(Cc2cc(C)c(C)c(C)c2)nn1.CCOP(C)(=O)CCOCCOCc1cn(Cc2cc(C)c(C)c(C)c2)nn1.Cc1cc(CN=[N+]=[N-])cc(C)c1C. The lowest BCUT2D eigenvalue weighted by Crippen LogP contribution is -2.08. The summed E-state index contributed by atoms with van der Waals surface area (Å²) in [5.41, 5.74) is 30.6. The van der Waals surface area contributed by atoms with E-state index in [1.165, 1.54) is 83.5 Å². The Morgan fingerprint density at radius 3 is 1.02 bits per heavy atom. The summed E-state index contributed by atoms with van der Waals surface area (Å²) >= 11 is 0. The summed E-state index contributed by atoms with van der Waals surface area (Å²) in [6.45, 7) is 44.7. The fourth-order valence-corrected chi connectivity index (χ4v) is 14.6. The van der Waals surface area contributed by atoms with Crippen molar-refractivity contribution in [1.29, 1.82) is 0 Å². The van der Waals surface area contributed by atoms with Crippen LogP contribution in [0.5, 0.6) is 0 Å². The lowest BCUT2D eigenvalue weighted by atomic mass is 10.0. The van der Waals surface area contributed by atoms with Crippen molar-refractivity contribution in [2.45, 2.75) is 157 Å². The first-order valence-electron chi connectivity index (χ1n) is 37.5. The molecule has 0 aliphatic heterocycles. The number of halogens is 1. The Bertz CT molecular complexity index is 3790. The number of azide groups is 1. The number of rotatable bonds is 47. The van der Waals surface area contributed by atoms with E-state index in [2.05, 4.69) is 183 Å². The first-order chi connectivity index (χ1) is 53.2. The predicted octanol–water partition coefficient (Wildman–Crippen LogP) is 15.7. The highest BCUT2D eigenvalue weighted by Gasteiger charge is 2.22. The van der Waals surface area contributed by atoms with E-state index in [-0.39, 0.29) is 45.4 Å². The molecule has 4 aromatic carbocycles. The Labute approximate surface area is 663 Å². The molecule has 7 aromatic rings. The molecule has 0 aliphatic carbocycles. The van der Waals surface area contributed by atoms with E-state index in [1.807, 2.05) is 37.1 Å². The summed E-state index contributed by atoms with van der Waals surface area (Å²) in [5.74, 6) is 2.36. The summed E-state index contributed by atoms with van der Waals surface area (Å²) in [7, 11) is -12.5. The molecule has 0 spiro atoms. The lowest BCUT2D eigenvalue weighted by Gasteiger charge is -2.12. The summed E-state index contributed by atoms with van der Waals surface area (Å²) < 4.78 is 127. The summed E-state index contributed by atoms with van der Waals surface area (Å²) in [6, 6.07) is 17.2. The maximum atomic E-state index is 13.3. The Hall–Kier alpha value is -6.50. The molecule has 112 heavy (non-hydrogen) atoms. The van der Waals surface area contributed by atoms with Crippen molar-refractivity contribution in [2.24, 2.45) is 5.11 Å². The van der Waals surface area contributed by atoms with Crippen LogP contribution in [0.2, 0.25) is 0 Å². The van der Waals surface area contributed by atoms with Crippen LogP contribution >= 0.6 is 30.0 Å². The van der Waals surface area contributed by atoms with Gasteiger partial charge in [-0.25, -0.2) is 14.0 Å². The highest BCUT2D eigenvalue weighted by Crippen LogP contribution is 2.48. The van der Waals surface area contributed by atoms with Crippen LogP contribution in [0.25, 0.3) is 10.4 Å². The Morgan fingerprint density at radius 1 is 0.429 bits per heavy atom. The van der Waals surface area contributed by atoms with Crippen LogP contribution in [0.3, 0.4) is 0 Å². The molecule has 4 atom stereocenters. The van der Waals surface area contributed by atoms with Gasteiger partial charge in [0.25, 0.3) is 0 Å². The van der Waals surface area contributed by atoms with Crippen LogP contribution in [0.1, 0.15) is 134 Å². The number of aromatic nitrogens is 9. The van der Waals surface area contributed by atoms with E-state index in [1.54, 1.807) is 36.5 Å². The van der Waals surface area contributed by atoms with Crippen molar-refractivity contribution in [3.05, 3.63) is 184 Å². The number of aryl methyl sites for hydroxylation is 8. The van der Waals surface area contributed by atoms with Crippen molar-refractivity contribution in [1.82, 2.24) is 45.0 Å². The van der Waals surface area contributed by atoms with Crippen molar-refractivity contribution >= 4 is 30.0 Å². The average molecular weight is 1640 g/mol. The Balaban J connectivity index is 0.000000374. The number of ether oxygens (including phenoxy) is 8. The monoisotopic (exact) mass is 1640 g/mol. The highest BCUT2D eigenvalue weighted by molar-refractivity contribution is 7.58. The largest absolute Gasteiger partial charge is 0.378 e. The molecule has 0 fully saturated rings. The first kappa shape index (κ1) is 99.7. The van der Waals surface area contributed by atoms with E-state index >= 15 is 0 Å². The van der Waals surface area contributed by atoms with Crippen LogP contribution in [-0.2, 0) is 120 Å². The van der Waals surface area contributed by atoms with Gasteiger partial charge >= 0.3 is 15.3 Å². The normalized spacial score (nSPS) is 13.2. The van der Waals surface area contributed by atoms with Gasteiger partial charge in [0, 0.05) is 30.6 Å². The molecule has 0 radical (unpaired) electrons. The highest BCUT2D eigenvalue weighted by atomic mass is 31.2. The second-order valence-corrected chi connectivity index (χ2v) is 36.0. The average Bonchev–Trinajstić information content (AvgIpc) is 1.59. The Kier molecular flexibility index (Phi) is 48.4. The van der Waals surface area contributed by atoms with Gasteiger partial charge in [-0.15, -0.1) is 21.7 Å². The topological polar surface area (TPSA) is 340 Å². The zero-order valence-corrected chi connectivity index (χ0v) is 72.8. The van der Waals surface area contributed by atoms with E-state index in [9.17, 15) is 27.4 Å². The molecule has 1 N–H and O–H groups in total. The van der Waals surface area contributed by atoms with Crippen LogP contribution in [0.15, 0.2) is 72.2 Å². The van der Waals surface area contributed by atoms with Crippen LogP contribution < -0.4 is 0 Å². The third-order valence-corrected chi connectivity index (χ3v) is 23.6. The first-order valence-corrected chi connectivity index (χ1v) is 45.5. The smallest absolute Gasteiger partial charge is 0.369 e. The van der Waals surface area contributed by atoms with Gasteiger partial charge in [0.05, 0.1) is 183 Å². The molecule has 3 aromatic heterocycles. The van der Waals surface area contributed by atoms with Gasteiger partial charge in [-0.2, -0.15) is 4.20 Å². The molecule has 0 bridgehead atoms. The molecular formula is C78H123FN12O17P4. The summed E-state index contributed by atoms with van der Waals surface area (Å²) in [5, 5.41) is 28.4. The van der Waals surface area contributed by atoms with E-state index < -0.39 is 30.0 Å². The molecule has 0 aliphatic rings. The van der Waals surface area contributed by atoms with Gasteiger partial charge in [-0.05, 0) is 205 Å². The number of terminal acetylenes is 1. The van der Waals surface area contributed by atoms with Gasteiger partial charge in [0.1, 0.15) is 23.7 Å². The molecule has 0 saturated heterocycles. The number of nitrogens with zero attached hydrogens (tertiary/aromatic N) is 12. The maximum absolute atomic E-state index is 13.3. The zero-order valence-electron chi connectivity index (χ0n) is 69.2. The standard InChI is InChI=1S/C20H32N3O4P.C19H29FN3O4P.C19H30N3O5P.C10H13N3.C10H19O4P/c1-6-27-28(5,24)10-9-25-7-8-26-15-20-14-23(22-21-20)13-19-11-16(2)18(4)17(3)12-19;1-5-27-28(20,24)9-8-25-6-7-26-14-19-13-23(22-21-19)12-18-10-15(2)17(4)16(3)11-18;1-5-27-28(23,24)9-8-25-6-7-26-14-19-13-22(21-20-19)12-18-10-15(2)17(4)16(3)11-18;1-7-4-10(6-12-13-11)5-8(2)9(7)3;1-4-6-12-7-8-13-9-10-15(3,11)14-5-2/h11-12,14H,6-10,13,15H2,1-5H3;10-11,13H,5-9,12,14H2,1-4H3;10-11,13H,5-9,12,14H2,1-4H3,(H,23,24);4-5H,6H2,1-3H3;1H,5-10H2,2-3H3. The van der Waals surface area contributed by atoms with Gasteiger partial charge in [-0.3, -0.25) is 18.3 Å². The molecule has 34 heteroatoms. The molecule has 3 heterocycles. The van der Waals surface area contributed by atoms with Gasteiger partial charge in [0.2, 0.25) is 14.7 Å².